The van der Waals surface area contributed by atoms with Crippen LogP contribution in [0.15, 0.2) is 46.8 Å². The zero-order chi connectivity index (χ0) is 19.2. The average molecular weight is 401 g/mol. The van der Waals surface area contributed by atoms with Crippen LogP contribution in [0.25, 0.3) is 16.3 Å². The Hall–Kier alpha value is -2.51. The second-order valence-electron chi connectivity index (χ2n) is 5.82. The number of thiophene rings is 1. The van der Waals surface area contributed by atoms with Gasteiger partial charge < -0.3 is 9.30 Å². The summed E-state index contributed by atoms with van der Waals surface area (Å²) in [7, 11) is 1.37. The highest BCUT2D eigenvalue weighted by molar-refractivity contribution is 7.16. The molecule has 0 spiro atoms. The molecule has 0 aliphatic carbocycles. The third-order valence-corrected chi connectivity index (χ3v) is 5.94. The van der Waals surface area contributed by atoms with E-state index in [1.807, 2.05) is 28.1 Å². The molecule has 2 aromatic heterocycles. The predicted octanol–water partition coefficient (Wildman–Crippen LogP) is 4.03. The maximum absolute atomic E-state index is 12.3. The number of benzene rings is 1. The number of hydrogen-bond donors (Lipinski definition) is 0. The van der Waals surface area contributed by atoms with Crippen LogP contribution in [-0.2, 0) is 27.3 Å². The largest absolute Gasteiger partial charge is 0.469 e. The number of nitrogens with zero attached hydrogens (tertiary/aromatic N) is 2. The fourth-order valence-corrected chi connectivity index (χ4v) is 4.36. The Morgan fingerprint density at radius 2 is 2.15 bits per heavy atom. The highest BCUT2D eigenvalue weighted by atomic mass is 32.1. The standard InChI is InChI=1S/C20H20N2O3S2/c1-3-14-6-8-16-17(13-14)27-20(22(16)11-10-19(24)25-2)21-18(23)9-7-15-5-4-12-26-15/h4-9,12-13H,3,10-11H2,1-2H3/b9-7+,21-20?. The number of fused-ring (bicyclic) bond motifs is 1. The number of ether oxygens (including phenoxy) is 1. The Balaban J connectivity index is 1.98. The third-order valence-electron chi connectivity index (χ3n) is 4.06. The van der Waals surface area contributed by atoms with E-state index < -0.39 is 0 Å². The molecule has 0 radical (unpaired) electrons. The van der Waals surface area contributed by atoms with E-state index in [2.05, 4.69) is 24.0 Å². The molecule has 7 heteroatoms. The molecule has 5 nitrogen and oxygen atoms in total. The molecule has 0 N–H and O–H groups in total. The van der Waals surface area contributed by atoms with E-state index >= 15 is 0 Å². The number of amides is 1. The van der Waals surface area contributed by atoms with E-state index in [-0.39, 0.29) is 18.3 Å². The zero-order valence-electron chi connectivity index (χ0n) is 15.2. The molecule has 1 amide bonds. The summed E-state index contributed by atoms with van der Waals surface area (Å²) < 4.78 is 7.70. The Labute approximate surface area is 165 Å². The highest BCUT2D eigenvalue weighted by Gasteiger charge is 2.10. The first-order valence-electron chi connectivity index (χ1n) is 8.60. The number of rotatable bonds is 6. The zero-order valence-corrected chi connectivity index (χ0v) is 16.8. The van der Waals surface area contributed by atoms with Crippen molar-refractivity contribution in [2.75, 3.05) is 7.11 Å². The number of thiazole rings is 1. The summed E-state index contributed by atoms with van der Waals surface area (Å²) >= 11 is 3.02. The fourth-order valence-electron chi connectivity index (χ4n) is 2.62. The van der Waals surface area contributed by atoms with Gasteiger partial charge in [-0.25, -0.2) is 0 Å². The van der Waals surface area contributed by atoms with Gasteiger partial charge in [0.2, 0.25) is 0 Å². The molecule has 0 bridgehead atoms. The van der Waals surface area contributed by atoms with Crippen LogP contribution >= 0.6 is 22.7 Å². The quantitative estimate of drug-likeness (QED) is 0.464. The van der Waals surface area contributed by atoms with Gasteiger partial charge >= 0.3 is 5.97 Å². The molecular weight excluding hydrogens is 380 g/mol. The number of carbonyl (C=O) groups excluding carboxylic acids is 2. The van der Waals surface area contributed by atoms with Gasteiger partial charge in [0.1, 0.15) is 0 Å². The second kappa shape index (κ2) is 8.92. The van der Waals surface area contributed by atoms with Crippen LogP contribution in [-0.4, -0.2) is 23.6 Å². The number of esters is 1. The molecule has 0 fully saturated rings. The molecule has 2 heterocycles. The van der Waals surface area contributed by atoms with Crippen molar-refractivity contribution in [2.45, 2.75) is 26.3 Å². The van der Waals surface area contributed by atoms with Crippen molar-refractivity contribution < 1.29 is 14.3 Å². The topological polar surface area (TPSA) is 60.7 Å². The lowest BCUT2D eigenvalue weighted by molar-refractivity contribution is -0.140. The normalized spacial score (nSPS) is 12.1. The highest BCUT2D eigenvalue weighted by Crippen LogP contribution is 2.20. The summed E-state index contributed by atoms with van der Waals surface area (Å²) in [6.45, 7) is 2.52. The lowest BCUT2D eigenvalue weighted by atomic mass is 10.2. The van der Waals surface area contributed by atoms with E-state index in [0.717, 1.165) is 21.5 Å². The second-order valence-corrected chi connectivity index (χ2v) is 7.81. The van der Waals surface area contributed by atoms with Gasteiger partial charge in [-0.2, -0.15) is 4.99 Å². The van der Waals surface area contributed by atoms with Crippen molar-refractivity contribution in [3.8, 4) is 0 Å². The summed E-state index contributed by atoms with van der Waals surface area (Å²) in [5.41, 5.74) is 2.19. The fraction of sp³-hybridized carbons (Fsp3) is 0.250. The maximum atomic E-state index is 12.3. The molecule has 27 heavy (non-hydrogen) atoms. The van der Waals surface area contributed by atoms with E-state index in [9.17, 15) is 9.59 Å². The minimum absolute atomic E-state index is 0.226. The minimum atomic E-state index is -0.322. The molecule has 0 aliphatic heterocycles. The first kappa shape index (κ1) is 19.3. The van der Waals surface area contributed by atoms with Gasteiger partial charge in [0, 0.05) is 17.5 Å². The molecule has 0 atom stereocenters. The summed E-state index contributed by atoms with van der Waals surface area (Å²) in [5, 5.41) is 1.96. The van der Waals surface area contributed by atoms with Crippen LogP contribution in [0.2, 0.25) is 0 Å². The smallest absolute Gasteiger partial charge is 0.307 e. The van der Waals surface area contributed by atoms with E-state index in [1.54, 1.807) is 17.4 Å². The SMILES string of the molecule is CCc1ccc2c(c1)sc(=NC(=O)/C=C/c1cccs1)n2CCC(=O)OC. The van der Waals surface area contributed by atoms with Gasteiger partial charge in [0.25, 0.3) is 5.91 Å². The van der Waals surface area contributed by atoms with Crippen molar-refractivity contribution in [2.24, 2.45) is 4.99 Å². The van der Waals surface area contributed by atoms with E-state index in [4.69, 9.17) is 4.74 Å². The summed E-state index contributed by atoms with van der Waals surface area (Å²) in [6, 6.07) is 10.1. The molecule has 3 aromatic rings. The molecule has 0 saturated heterocycles. The molecule has 140 valence electrons. The number of aromatic nitrogens is 1. The molecule has 0 saturated carbocycles. The molecule has 1 aromatic carbocycles. The van der Waals surface area contributed by atoms with Crippen LogP contribution in [0.4, 0.5) is 0 Å². The van der Waals surface area contributed by atoms with E-state index in [0.29, 0.717) is 11.3 Å². The minimum Gasteiger partial charge on any atom is -0.469 e. The summed E-state index contributed by atoms with van der Waals surface area (Å²) in [4.78, 5) is 29.7. The van der Waals surface area contributed by atoms with Gasteiger partial charge in [0.05, 0.1) is 23.7 Å². The first-order chi connectivity index (χ1) is 13.1. The van der Waals surface area contributed by atoms with Crippen LogP contribution < -0.4 is 4.80 Å². The summed E-state index contributed by atoms with van der Waals surface area (Å²) in [6.07, 6.45) is 4.39. The number of hydrogen-bond acceptors (Lipinski definition) is 5. The van der Waals surface area contributed by atoms with Gasteiger partial charge in [-0.3, -0.25) is 9.59 Å². The Morgan fingerprint density at radius 1 is 1.30 bits per heavy atom. The summed E-state index contributed by atoms with van der Waals surface area (Å²) in [5.74, 6) is -0.612. The van der Waals surface area contributed by atoms with Gasteiger partial charge in [-0.15, -0.1) is 11.3 Å². The van der Waals surface area contributed by atoms with Crippen molar-refractivity contribution in [3.63, 3.8) is 0 Å². The Morgan fingerprint density at radius 3 is 2.85 bits per heavy atom. The number of methoxy groups -OCH3 is 1. The van der Waals surface area contributed by atoms with Crippen molar-refractivity contribution in [3.05, 3.63) is 57.0 Å². The maximum Gasteiger partial charge on any atom is 0.307 e. The van der Waals surface area contributed by atoms with Crippen molar-refractivity contribution in [1.29, 1.82) is 0 Å². The monoisotopic (exact) mass is 400 g/mol. The molecule has 3 rings (SSSR count). The van der Waals surface area contributed by atoms with Gasteiger partial charge in [-0.05, 0) is 41.6 Å². The van der Waals surface area contributed by atoms with Crippen LogP contribution in [0.3, 0.4) is 0 Å². The molecule has 0 unspecified atom stereocenters. The predicted molar refractivity (Wildman–Crippen MR) is 110 cm³/mol. The molecule has 0 aliphatic rings. The lowest BCUT2D eigenvalue weighted by Crippen LogP contribution is -2.18. The number of carbonyl (C=O) groups is 2. The van der Waals surface area contributed by atoms with Crippen LogP contribution in [0, 0.1) is 0 Å². The van der Waals surface area contributed by atoms with Gasteiger partial charge in [-0.1, -0.05) is 30.4 Å². The number of aryl methyl sites for hydroxylation is 2. The third kappa shape index (κ3) is 4.81. The van der Waals surface area contributed by atoms with Crippen molar-refractivity contribution >= 4 is 50.8 Å². The van der Waals surface area contributed by atoms with Crippen LogP contribution in [0.1, 0.15) is 23.8 Å². The lowest BCUT2D eigenvalue weighted by Gasteiger charge is -2.04. The van der Waals surface area contributed by atoms with E-state index in [1.165, 1.54) is 30.1 Å². The first-order valence-corrected chi connectivity index (χ1v) is 10.3. The Bertz CT molecular complexity index is 1040. The average Bonchev–Trinajstić information content (AvgIpc) is 3.31. The van der Waals surface area contributed by atoms with Gasteiger partial charge in [0.15, 0.2) is 4.80 Å². The molecular formula is C20H20N2O3S2. The Kier molecular flexibility index (Phi) is 6.36. The van der Waals surface area contributed by atoms with Crippen molar-refractivity contribution in [1.82, 2.24) is 4.57 Å². The van der Waals surface area contributed by atoms with Crippen LogP contribution in [0.5, 0.6) is 0 Å².